The van der Waals surface area contributed by atoms with Crippen molar-refractivity contribution < 1.29 is 9.53 Å². The minimum Gasteiger partial charge on any atom is -0.444 e. The van der Waals surface area contributed by atoms with Crippen molar-refractivity contribution in [2.75, 3.05) is 0 Å². The summed E-state index contributed by atoms with van der Waals surface area (Å²) in [6, 6.07) is 2.43. The molecule has 2 atom stereocenters. The zero-order valence-corrected chi connectivity index (χ0v) is 15.2. The molecule has 2 N–H and O–H groups in total. The molecule has 1 aliphatic rings. The molecule has 136 valence electrons. The predicted octanol–water partition coefficient (Wildman–Crippen LogP) is 2.65. The molecule has 2 heterocycles. The van der Waals surface area contributed by atoms with Gasteiger partial charge in [-0.05, 0) is 52.5 Å². The summed E-state index contributed by atoms with van der Waals surface area (Å²) in [6.07, 6.45) is 9.35. The van der Waals surface area contributed by atoms with E-state index in [0.717, 1.165) is 37.9 Å². The number of hydrogen-bond donors (Lipinski definition) is 2. The van der Waals surface area contributed by atoms with Crippen LogP contribution in [0.1, 0.15) is 52.1 Å². The van der Waals surface area contributed by atoms with Crippen LogP contribution in [0.4, 0.5) is 4.79 Å². The molecule has 0 unspecified atom stereocenters. The van der Waals surface area contributed by atoms with E-state index in [0.29, 0.717) is 11.8 Å². The van der Waals surface area contributed by atoms with Crippen molar-refractivity contribution >= 4 is 11.9 Å². The van der Waals surface area contributed by atoms with Crippen LogP contribution in [-0.2, 0) is 11.3 Å². The number of aromatic nitrogens is 3. The Kier molecular flexibility index (Phi) is 5.22. The highest BCUT2D eigenvalue weighted by Gasteiger charge is 2.25. The molecule has 7 nitrogen and oxygen atoms in total. The molecule has 0 saturated heterocycles. The van der Waals surface area contributed by atoms with Gasteiger partial charge in [0.25, 0.3) is 0 Å². The lowest BCUT2D eigenvalue weighted by atomic mass is 9.91. The molecule has 1 amide bonds. The highest BCUT2D eigenvalue weighted by atomic mass is 16.6. The van der Waals surface area contributed by atoms with E-state index in [4.69, 9.17) is 4.74 Å². The highest BCUT2D eigenvalue weighted by Crippen LogP contribution is 2.20. The maximum atomic E-state index is 12.0. The number of nitrogens with one attached hydrogen (secondary N) is 2. The lowest BCUT2D eigenvalue weighted by molar-refractivity contribution is 0.0488. The second kappa shape index (κ2) is 7.39. The fourth-order valence-corrected chi connectivity index (χ4v) is 3.24. The average molecular weight is 345 g/mol. The fraction of sp³-hybridized carbons (Fsp3) is 0.611. The number of alkyl carbamates (subject to hydrolysis) is 1. The molecule has 25 heavy (non-hydrogen) atoms. The molecule has 3 rings (SSSR count). The zero-order chi connectivity index (χ0) is 17.9. The second-order valence-corrected chi connectivity index (χ2v) is 7.63. The molecule has 2 aromatic heterocycles. The summed E-state index contributed by atoms with van der Waals surface area (Å²) in [5.41, 5.74) is 0.623. The van der Waals surface area contributed by atoms with E-state index in [-0.39, 0.29) is 12.1 Å². The number of ether oxygens (including phenoxy) is 1. The van der Waals surface area contributed by atoms with Gasteiger partial charge in [-0.1, -0.05) is 0 Å². The number of imidazole rings is 1. The molecular weight excluding hydrogens is 318 g/mol. The van der Waals surface area contributed by atoms with Gasteiger partial charge in [0.15, 0.2) is 0 Å². The van der Waals surface area contributed by atoms with Crippen LogP contribution < -0.4 is 10.6 Å². The highest BCUT2D eigenvalue weighted by molar-refractivity contribution is 5.68. The van der Waals surface area contributed by atoms with E-state index in [9.17, 15) is 4.79 Å². The molecule has 0 aliphatic heterocycles. The van der Waals surface area contributed by atoms with Crippen molar-refractivity contribution in [1.82, 2.24) is 25.0 Å². The summed E-state index contributed by atoms with van der Waals surface area (Å²) in [5.74, 6) is 0.715. The summed E-state index contributed by atoms with van der Waals surface area (Å²) in [5, 5.41) is 6.59. The topological polar surface area (TPSA) is 80.5 Å². The molecule has 1 aliphatic carbocycles. The van der Waals surface area contributed by atoms with E-state index in [1.807, 2.05) is 43.6 Å². The first-order valence-electron chi connectivity index (χ1n) is 8.90. The van der Waals surface area contributed by atoms with Crippen molar-refractivity contribution in [3.63, 3.8) is 0 Å². The third-order valence-electron chi connectivity index (χ3n) is 4.33. The Morgan fingerprint density at radius 3 is 2.92 bits per heavy atom. The van der Waals surface area contributed by atoms with Crippen molar-refractivity contribution in [2.45, 2.75) is 70.7 Å². The molecule has 0 aromatic carbocycles. The zero-order valence-electron chi connectivity index (χ0n) is 15.2. The minimum atomic E-state index is -0.465. The monoisotopic (exact) mass is 345 g/mol. The van der Waals surface area contributed by atoms with Gasteiger partial charge in [0.1, 0.15) is 5.60 Å². The number of hydrogen-bond acceptors (Lipinski definition) is 5. The summed E-state index contributed by atoms with van der Waals surface area (Å²) in [6.45, 7) is 6.37. The molecule has 1 fully saturated rings. The lowest BCUT2D eigenvalue weighted by Gasteiger charge is -2.31. The average Bonchev–Trinajstić information content (AvgIpc) is 2.94. The van der Waals surface area contributed by atoms with Crippen molar-refractivity contribution in [3.8, 4) is 0 Å². The van der Waals surface area contributed by atoms with E-state index in [1.54, 1.807) is 6.20 Å². The number of fused-ring (bicyclic) bond motifs is 1. The first-order chi connectivity index (χ1) is 11.9. The van der Waals surface area contributed by atoms with E-state index < -0.39 is 5.60 Å². The standard InChI is InChI=1S/C18H27N5O2/c1-18(2,3)25-17(24)22-14-7-4-6-13(10-14)20-11-15-12-21-16-19-8-5-9-23(15)16/h5,8-9,12-14,20H,4,6-7,10-11H2,1-3H3,(H,22,24)/t13-,14-/m1/s1. The van der Waals surface area contributed by atoms with E-state index in [2.05, 4.69) is 20.6 Å². The second-order valence-electron chi connectivity index (χ2n) is 7.63. The van der Waals surface area contributed by atoms with Gasteiger partial charge in [0.05, 0.1) is 11.9 Å². The Hall–Kier alpha value is -2.15. The number of nitrogens with zero attached hydrogens (tertiary/aromatic N) is 3. The van der Waals surface area contributed by atoms with E-state index in [1.165, 1.54) is 0 Å². The molecule has 0 radical (unpaired) electrons. The van der Waals surface area contributed by atoms with Crippen LogP contribution in [0.15, 0.2) is 24.7 Å². The molecular formula is C18H27N5O2. The largest absolute Gasteiger partial charge is 0.444 e. The van der Waals surface area contributed by atoms with Crippen molar-refractivity contribution in [1.29, 1.82) is 0 Å². The summed E-state index contributed by atoms with van der Waals surface area (Å²) < 4.78 is 7.35. The van der Waals surface area contributed by atoms with Gasteiger partial charge in [-0.2, -0.15) is 0 Å². The summed E-state index contributed by atoms with van der Waals surface area (Å²) in [4.78, 5) is 20.5. The van der Waals surface area contributed by atoms with Gasteiger partial charge >= 0.3 is 6.09 Å². The first kappa shape index (κ1) is 17.7. The number of amides is 1. The number of carbonyl (C=O) groups is 1. The van der Waals surface area contributed by atoms with Crippen LogP contribution in [0.3, 0.4) is 0 Å². The third kappa shape index (κ3) is 4.92. The van der Waals surface area contributed by atoms with Gasteiger partial charge in [0.2, 0.25) is 5.78 Å². The molecule has 0 bridgehead atoms. The molecule has 7 heteroatoms. The van der Waals surface area contributed by atoms with Crippen LogP contribution >= 0.6 is 0 Å². The Labute approximate surface area is 148 Å². The lowest BCUT2D eigenvalue weighted by Crippen LogP contribution is -2.45. The summed E-state index contributed by atoms with van der Waals surface area (Å²) in [7, 11) is 0. The van der Waals surface area contributed by atoms with Crippen molar-refractivity contribution in [3.05, 3.63) is 30.4 Å². The maximum absolute atomic E-state index is 12.0. The minimum absolute atomic E-state index is 0.157. The smallest absolute Gasteiger partial charge is 0.407 e. The Bertz CT molecular complexity index is 722. The van der Waals surface area contributed by atoms with Crippen LogP contribution in [-0.4, -0.2) is 38.1 Å². The Morgan fingerprint density at radius 2 is 2.12 bits per heavy atom. The summed E-state index contributed by atoms with van der Waals surface area (Å²) >= 11 is 0. The van der Waals surface area contributed by atoms with Gasteiger partial charge in [0, 0.05) is 31.0 Å². The van der Waals surface area contributed by atoms with Gasteiger partial charge in [-0.3, -0.25) is 4.40 Å². The molecule has 0 spiro atoms. The Balaban J connectivity index is 1.51. The van der Waals surface area contributed by atoms with Crippen LogP contribution in [0.25, 0.3) is 5.78 Å². The SMILES string of the molecule is CC(C)(C)OC(=O)N[C@@H]1CCC[C@@H](NCc2cnc3ncccn23)C1. The van der Waals surface area contributed by atoms with Crippen molar-refractivity contribution in [2.24, 2.45) is 0 Å². The number of rotatable bonds is 4. The number of carbonyl (C=O) groups excluding carboxylic acids is 1. The Morgan fingerprint density at radius 1 is 1.32 bits per heavy atom. The molecule has 1 saturated carbocycles. The van der Waals surface area contributed by atoms with Gasteiger partial charge < -0.3 is 15.4 Å². The predicted molar refractivity (Wildman–Crippen MR) is 95.2 cm³/mol. The first-order valence-corrected chi connectivity index (χ1v) is 8.90. The quantitative estimate of drug-likeness (QED) is 0.890. The van der Waals surface area contributed by atoms with Crippen LogP contribution in [0.2, 0.25) is 0 Å². The molecule has 2 aromatic rings. The maximum Gasteiger partial charge on any atom is 0.407 e. The van der Waals surface area contributed by atoms with Crippen LogP contribution in [0.5, 0.6) is 0 Å². The van der Waals surface area contributed by atoms with Crippen LogP contribution in [0, 0.1) is 0 Å². The normalized spacial score (nSPS) is 21.2. The van der Waals surface area contributed by atoms with Gasteiger partial charge in [-0.25, -0.2) is 14.8 Å². The third-order valence-corrected chi connectivity index (χ3v) is 4.33. The van der Waals surface area contributed by atoms with E-state index >= 15 is 0 Å². The fourth-order valence-electron chi connectivity index (χ4n) is 3.24. The van der Waals surface area contributed by atoms with Gasteiger partial charge in [-0.15, -0.1) is 0 Å².